The standard InChI is InChI=1S/C8H10F3N3O2/c1-13-2-3-14(7(13)16)4-6(15)12-5-8(9,10)11/h2-3H,4-5H2,1H3,(H,12,15). The van der Waals surface area contributed by atoms with E-state index in [4.69, 9.17) is 0 Å². The van der Waals surface area contributed by atoms with Gasteiger partial charge < -0.3 is 9.88 Å². The fourth-order valence-electron chi connectivity index (χ4n) is 1.04. The number of alkyl halides is 3. The number of aryl methyl sites for hydroxylation is 1. The number of hydrogen-bond acceptors (Lipinski definition) is 2. The molecule has 1 rings (SSSR count). The van der Waals surface area contributed by atoms with E-state index < -0.39 is 30.9 Å². The first-order chi connectivity index (χ1) is 7.29. The number of carbonyl (C=O) groups is 1. The van der Waals surface area contributed by atoms with Crippen molar-refractivity contribution >= 4 is 5.91 Å². The monoisotopic (exact) mass is 237 g/mol. The Morgan fingerprint density at radius 1 is 1.44 bits per heavy atom. The first-order valence-electron chi connectivity index (χ1n) is 4.35. The van der Waals surface area contributed by atoms with E-state index in [0.717, 1.165) is 4.57 Å². The Hall–Kier alpha value is -1.73. The zero-order chi connectivity index (χ0) is 12.3. The molecule has 16 heavy (non-hydrogen) atoms. The van der Waals surface area contributed by atoms with Crippen LogP contribution < -0.4 is 11.0 Å². The summed E-state index contributed by atoms with van der Waals surface area (Å²) in [6.07, 6.45) is -1.70. The van der Waals surface area contributed by atoms with Crippen LogP contribution in [0.3, 0.4) is 0 Å². The molecule has 0 aliphatic heterocycles. The lowest BCUT2D eigenvalue weighted by atomic mass is 10.5. The van der Waals surface area contributed by atoms with E-state index in [1.165, 1.54) is 24.0 Å². The number of aromatic nitrogens is 2. The van der Waals surface area contributed by atoms with Crippen LogP contribution in [0.1, 0.15) is 0 Å². The van der Waals surface area contributed by atoms with Crippen LogP contribution in [0.2, 0.25) is 0 Å². The average Bonchev–Trinajstić information content (AvgIpc) is 2.46. The summed E-state index contributed by atoms with van der Waals surface area (Å²) in [5.74, 6) is -0.856. The van der Waals surface area contributed by atoms with Crippen molar-refractivity contribution in [3.63, 3.8) is 0 Å². The predicted octanol–water partition coefficient (Wildman–Crippen LogP) is -0.135. The summed E-state index contributed by atoms with van der Waals surface area (Å²) in [7, 11) is 1.48. The lowest BCUT2D eigenvalue weighted by Crippen LogP contribution is -2.37. The molecule has 1 N–H and O–H groups in total. The van der Waals surface area contributed by atoms with Gasteiger partial charge in [0, 0.05) is 19.4 Å². The van der Waals surface area contributed by atoms with Crippen molar-refractivity contribution in [3.8, 4) is 0 Å². The van der Waals surface area contributed by atoms with Crippen LogP contribution in [-0.2, 0) is 18.4 Å². The number of rotatable bonds is 3. The Labute approximate surface area is 88.5 Å². The van der Waals surface area contributed by atoms with Crippen molar-refractivity contribution < 1.29 is 18.0 Å². The molecular weight excluding hydrogens is 227 g/mol. The van der Waals surface area contributed by atoms with E-state index in [-0.39, 0.29) is 0 Å². The Morgan fingerprint density at radius 2 is 2.06 bits per heavy atom. The van der Waals surface area contributed by atoms with Crippen LogP contribution >= 0.6 is 0 Å². The summed E-state index contributed by atoms with van der Waals surface area (Å²) in [6, 6.07) is 0. The van der Waals surface area contributed by atoms with Crippen LogP contribution in [-0.4, -0.2) is 27.8 Å². The van der Waals surface area contributed by atoms with E-state index >= 15 is 0 Å². The van der Waals surface area contributed by atoms with Crippen LogP contribution in [0.25, 0.3) is 0 Å². The van der Waals surface area contributed by atoms with Crippen molar-refractivity contribution in [3.05, 3.63) is 22.9 Å². The van der Waals surface area contributed by atoms with Gasteiger partial charge in [0.15, 0.2) is 0 Å². The molecule has 1 heterocycles. The maximum Gasteiger partial charge on any atom is 0.405 e. The van der Waals surface area contributed by atoms with Gasteiger partial charge in [0.05, 0.1) is 0 Å². The third kappa shape index (κ3) is 3.44. The average molecular weight is 237 g/mol. The SMILES string of the molecule is Cn1ccn(CC(=O)NCC(F)(F)F)c1=O. The second-order valence-corrected chi connectivity index (χ2v) is 3.21. The topological polar surface area (TPSA) is 56.0 Å². The number of nitrogens with zero attached hydrogens (tertiary/aromatic N) is 2. The molecule has 0 radical (unpaired) electrons. The van der Waals surface area contributed by atoms with Gasteiger partial charge in [-0.05, 0) is 0 Å². The van der Waals surface area contributed by atoms with Gasteiger partial charge in [-0.25, -0.2) is 4.79 Å². The second-order valence-electron chi connectivity index (χ2n) is 3.21. The van der Waals surface area contributed by atoms with Crippen LogP contribution in [0.15, 0.2) is 17.2 Å². The first-order valence-corrected chi connectivity index (χ1v) is 4.35. The molecule has 0 saturated heterocycles. The van der Waals surface area contributed by atoms with E-state index in [9.17, 15) is 22.8 Å². The highest BCUT2D eigenvalue weighted by Crippen LogP contribution is 2.11. The predicted molar refractivity (Wildman–Crippen MR) is 48.7 cm³/mol. The second kappa shape index (κ2) is 4.42. The lowest BCUT2D eigenvalue weighted by Gasteiger charge is -2.08. The van der Waals surface area contributed by atoms with Gasteiger partial charge in [-0.1, -0.05) is 0 Å². The lowest BCUT2D eigenvalue weighted by molar-refractivity contribution is -0.138. The summed E-state index contributed by atoms with van der Waals surface area (Å²) in [5.41, 5.74) is -0.456. The minimum atomic E-state index is -4.45. The molecule has 0 fully saturated rings. The number of carbonyl (C=O) groups excluding carboxylic acids is 1. The molecule has 1 aromatic rings. The van der Waals surface area contributed by atoms with Gasteiger partial charge in [-0.15, -0.1) is 0 Å². The fourth-order valence-corrected chi connectivity index (χ4v) is 1.04. The van der Waals surface area contributed by atoms with Crippen LogP contribution in [0.4, 0.5) is 13.2 Å². The molecule has 90 valence electrons. The molecular formula is C8H10F3N3O2. The Kier molecular flexibility index (Phi) is 3.41. The summed E-state index contributed by atoms with van der Waals surface area (Å²) >= 11 is 0. The molecule has 0 bridgehead atoms. The summed E-state index contributed by atoms with van der Waals surface area (Å²) in [6.45, 7) is -1.82. The minimum Gasteiger partial charge on any atom is -0.345 e. The van der Waals surface area contributed by atoms with Crippen LogP contribution in [0, 0.1) is 0 Å². The van der Waals surface area contributed by atoms with Gasteiger partial charge in [0.1, 0.15) is 13.1 Å². The van der Waals surface area contributed by atoms with Crippen LogP contribution in [0.5, 0.6) is 0 Å². The quantitative estimate of drug-likeness (QED) is 0.795. The highest BCUT2D eigenvalue weighted by Gasteiger charge is 2.27. The molecule has 0 spiro atoms. The molecule has 0 saturated carbocycles. The molecule has 5 nitrogen and oxygen atoms in total. The normalized spacial score (nSPS) is 11.5. The van der Waals surface area contributed by atoms with Gasteiger partial charge in [0.2, 0.25) is 5.91 Å². The van der Waals surface area contributed by atoms with Crippen molar-refractivity contribution in [2.24, 2.45) is 7.05 Å². The molecule has 0 aliphatic carbocycles. The van der Waals surface area contributed by atoms with Crippen molar-refractivity contribution in [2.45, 2.75) is 12.7 Å². The van der Waals surface area contributed by atoms with E-state index in [1.807, 2.05) is 0 Å². The zero-order valence-electron chi connectivity index (χ0n) is 8.41. The van der Waals surface area contributed by atoms with Gasteiger partial charge in [0.25, 0.3) is 0 Å². The number of amides is 1. The van der Waals surface area contributed by atoms with Gasteiger partial charge >= 0.3 is 11.9 Å². The van der Waals surface area contributed by atoms with E-state index in [1.54, 1.807) is 5.32 Å². The minimum absolute atomic E-state index is 0.421. The highest BCUT2D eigenvalue weighted by atomic mass is 19.4. The third-order valence-corrected chi connectivity index (χ3v) is 1.82. The summed E-state index contributed by atoms with van der Waals surface area (Å²) in [5, 5.41) is 1.67. The maximum atomic E-state index is 11.8. The van der Waals surface area contributed by atoms with Gasteiger partial charge in [-0.3, -0.25) is 9.36 Å². The molecule has 1 amide bonds. The molecule has 0 aliphatic rings. The highest BCUT2D eigenvalue weighted by molar-refractivity contribution is 5.75. The smallest absolute Gasteiger partial charge is 0.345 e. The third-order valence-electron chi connectivity index (χ3n) is 1.82. The van der Waals surface area contributed by atoms with Crippen molar-refractivity contribution in [1.29, 1.82) is 0 Å². The fraction of sp³-hybridized carbons (Fsp3) is 0.500. The largest absolute Gasteiger partial charge is 0.405 e. The molecule has 0 atom stereocenters. The molecule has 0 aromatic carbocycles. The molecule has 1 aromatic heterocycles. The maximum absolute atomic E-state index is 11.8. The van der Waals surface area contributed by atoms with E-state index in [2.05, 4.69) is 0 Å². The van der Waals surface area contributed by atoms with Crippen molar-refractivity contribution in [2.75, 3.05) is 6.54 Å². The summed E-state index contributed by atoms with van der Waals surface area (Å²) < 4.78 is 37.5. The Bertz CT molecular complexity index is 432. The Balaban J connectivity index is 2.53. The number of hydrogen-bond donors (Lipinski definition) is 1. The van der Waals surface area contributed by atoms with Crippen molar-refractivity contribution in [1.82, 2.24) is 14.5 Å². The molecule has 8 heteroatoms. The summed E-state index contributed by atoms with van der Waals surface area (Å²) in [4.78, 5) is 22.3. The van der Waals surface area contributed by atoms with Gasteiger partial charge in [-0.2, -0.15) is 13.2 Å². The zero-order valence-corrected chi connectivity index (χ0v) is 8.41. The number of nitrogens with one attached hydrogen (secondary N) is 1. The Morgan fingerprint density at radius 3 is 2.50 bits per heavy atom. The number of imidazole rings is 1. The van der Waals surface area contributed by atoms with E-state index in [0.29, 0.717) is 0 Å². The number of halogens is 3. The molecule has 0 unspecified atom stereocenters. The first kappa shape index (κ1) is 12.3.